The number of nitrogens with one attached hydrogen (secondary N) is 1. The molecule has 1 saturated carbocycles. The van der Waals surface area contributed by atoms with E-state index in [9.17, 15) is 13.2 Å². The van der Waals surface area contributed by atoms with Crippen LogP contribution < -0.4 is 4.72 Å². The monoisotopic (exact) mass is 309 g/mol. The van der Waals surface area contributed by atoms with Crippen molar-refractivity contribution in [1.82, 2.24) is 4.72 Å². The standard InChI is InChI=1S/C15H19NO4S/c17-15(18)9-8-12-6-3-7-14(10-12)21(19,20)16-11-13-4-1-2-5-13/h3,6-10,13,16H,1-2,4-5,11H2,(H,17,18). The SMILES string of the molecule is O=C(O)C=Cc1cccc(S(=O)(=O)NCC2CCCC2)c1. The molecule has 1 aromatic carbocycles. The van der Waals surface area contributed by atoms with E-state index in [1.54, 1.807) is 12.1 Å². The Kier molecular flexibility index (Phi) is 5.14. The van der Waals surface area contributed by atoms with Crippen molar-refractivity contribution in [3.05, 3.63) is 35.9 Å². The van der Waals surface area contributed by atoms with E-state index >= 15 is 0 Å². The molecule has 1 aliphatic rings. The minimum absolute atomic E-state index is 0.160. The molecular weight excluding hydrogens is 290 g/mol. The summed E-state index contributed by atoms with van der Waals surface area (Å²) in [4.78, 5) is 10.6. The second-order valence-electron chi connectivity index (χ2n) is 5.25. The highest BCUT2D eigenvalue weighted by molar-refractivity contribution is 7.89. The van der Waals surface area contributed by atoms with E-state index in [0.717, 1.165) is 18.9 Å². The Morgan fingerprint density at radius 1 is 1.33 bits per heavy atom. The van der Waals surface area contributed by atoms with Gasteiger partial charge in [-0.05, 0) is 42.5 Å². The molecule has 0 bridgehead atoms. The molecule has 0 saturated heterocycles. The summed E-state index contributed by atoms with van der Waals surface area (Å²) in [5.74, 6) is -0.641. The van der Waals surface area contributed by atoms with Crippen molar-refractivity contribution in [3.8, 4) is 0 Å². The molecule has 0 aromatic heterocycles. The molecule has 2 rings (SSSR count). The van der Waals surface area contributed by atoms with Crippen molar-refractivity contribution in [3.63, 3.8) is 0 Å². The van der Waals surface area contributed by atoms with Crippen molar-refractivity contribution in [2.24, 2.45) is 5.92 Å². The van der Waals surface area contributed by atoms with Crippen LogP contribution in [-0.2, 0) is 14.8 Å². The van der Waals surface area contributed by atoms with E-state index in [1.165, 1.54) is 31.1 Å². The Bertz CT molecular complexity index is 631. The molecule has 0 heterocycles. The molecule has 1 aromatic rings. The second kappa shape index (κ2) is 6.87. The summed E-state index contributed by atoms with van der Waals surface area (Å²) in [7, 11) is -3.54. The van der Waals surface area contributed by atoms with E-state index in [-0.39, 0.29) is 4.90 Å². The van der Waals surface area contributed by atoms with Gasteiger partial charge in [0.2, 0.25) is 10.0 Å². The second-order valence-corrected chi connectivity index (χ2v) is 7.01. The first kappa shape index (κ1) is 15.7. The molecule has 1 aliphatic carbocycles. The van der Waals surface area contributed by atoms with Gasteiger partial charge in [-0.2, -0.15) is 0 Å². The van der Waals surface area contributed by atoms with E-state index < -0.39 is 16.0 Å². The summed E-state index contributed by atoms with van der Waals surface area (Å²) in [6.45, 7) is 0.470. The summed E-state index contributed by atoms with van der Waals surface area (Å²) in [5, 5.41) is 8.59. The van der Waals surface area contributed by atoms with Crippen LogP contribution in [0.5, 0.6) is 0 Å². The van der Waals surface area contributed by atoms with Crippen LogP contribution in [0.4, 0.5) is 0 Å². The van der Waals surface area contributed by atoms with E-state index in [2.05, 4.69) is 4.72 Å². The lowest BCUT2D eigenvalue weighted by atomic mass is 10.1. The summed E-state index contributed by atoms with van der Waals surface area (Å²) in [6, 6.07) is 6.24. The van der Waals surface area contributed by atoms with Crippen LogP contribution in [0, 0.1) is 5.92 Å². The molecule has 5 nitrogen and oxygen atoms in total. The third kappa shape index (κ3) is 4.68. The molecular formula is C15H19NO4S. The largest absolute Gasteiger partial charge is 0.478 e. The van der Waals surface area contributed by atoms with Gasteiger partial charge in [0.15, 0.2) is 0 Å². The zero-order valence-electron chi connectivity index (χ0n) is 11.7. The Labute approximate surface area is 124 Å². The number of carboxylic acids is 1. The Balaban J connectivity index is 2.08. The lowest BCUT2D eigenvalue weighted by Crippen LogP contribution is -2.28. The number of aliphatic carboxylic acids is 1. The molecule has 0 aliphatic heterocycles. The number of rotatable bonds is 6. The summed E-state index contributed by atoms with van der Waals surface area (Å²) in [5.41, 5.74) is 0.543. The molecule has 21 heavy (non-hydrogen) atoms. The van der Waals surface area contributed by atoms with Gasteiger partial charge in [-0.1, -0.05) is 25.0 Å². The highest BCUT2D eigenvalue weighted by Crippen LogP contribution is 2.24. The number of benzene rings is 1. The van der Waals surface area contributed by atoms with Crippen LogP contribution in [0.1, 0.15) is 31.2 Å². The Morgan fingerprint density at radius 2 is 2.05 bits per heavy atom. The zero-order valence-corrected chi connectivity index (χ0v) is 12.5. The van der Waals surface area contributed by atoms with Gasteiger partial charge < -0.3 is 5.11 Å². The van der Waals surface area contributed by atoms with Gasteiger partial charge in [-0.25, -0.2) is 17.9 Å². The highest BCUT2D eigenvalue weighted by atomic mass is 32.2. The van der Waals surface area contributed by atoms with E-state index in [1.807, 2.05) is 0 Å². The lowest BCUT2D eigenvalue weighted by molar-refractivity contribution is -0.131. The van der Waals surface area contributed by atoms with Crippen molar-refractivity contribution in [1.29, 1.82) is 0 Å². The maximum Gasteiger partial charge on any atom is 0.328 e. The van der Waals surface area contributed by atoms with Gasteiger partial charge in [-0.3, -0.25) is 0 Å². The van der Waals surface area contributed by atoms with Crippen LogP contribution in [-0.4, -0.2) is 26.0 Å². The summed E-state index contributed by atoms with van der Waals surface area (Å²) >= 11 is 0. The highest BCUT2D eigenvalue weighted by Gasteiger charge is 2.19. The van der Waals surface area contributed by atoms with Gasteiger partial charge >= 0.3 is 5.97 Å². The van der Waals surface area contributed by atoms with Crippen LogP contribution in [0.25, 0.3) is 6.08 Å². The number of carbonyl (C=O) groups is 1. The van der Waals surface area contributed by atoms with Crippen molar-refractivity contribution in [2.75, 3.05) is 6.54 Å². The van der Waals surface area contributed by atoms with Gasteiger partial charge in [0.1, 0.15) is 0 Å². The van der Waals surface area contributed by atoms with Crippen LogP contribution >= 0.6 is 0 Å². The fourth-order valence-electron chi connectivity index (χ4n) is 2.48. The quantitative estimate of drug-likeness (QED) is 0.790. The smallest absolute Gasteiger partial charge is 0.328 e. The number of carboxylic acid groups (broad SMARTS) is 1. The fourth-order valence-corrected chi connectivity index (χ4v) is 3.65. The maximum atomic E-state index is 12.2. The topological polar surface area (TPSA) is 83.5 Å². The predicted molar refractivity (Wildman–Crippen MR) is 80.3 cm³/mol. The molecule has 114 valence electrons. The maximum absolute atomic E-state index is 12.2. The average molecular weight is 309 g/mol. The van der Waals surface area contributed by atoms with Gasteiger partial charge in [-0.15, -0.1) is 0 Å². The van der Waals surface area contributed by atoms with Crippen molar-refractivity contribution < 1.29 is 18.3 Å². The van der Waals surface area contributed by atoms with Crippen LogP contribution in [0.15, 0.2) is 35.2 Å². The Morgan fingerprint density at radius 3 is 2.71 bits per heavy atom. The first-order chi connectivity index (χ1) is 9.97. The first-order valence-electron chi connectivity index (χ1n) is 6.98. The molecule has 0 unspecified atom stereocenters. The van der Waals surface area contributed by atoms with Gasteiger partial charge in [0, 0.05) is 12.6 Å². The summed E-state index contributed by atoms with van der Waals surface area (Å²) in [6.07, 6.45) is 6.84. The molecule has 6 heteroatoms. The fraction of sp³-hybridized carbons (Fsp3) is 0.400. The minimum atomic E-state index is -3.54. The van der Waals surface area contributed by atoms with Gasteiger partial charge in [0.25, 0.3) is 0 Å². The molecule has 0 radical (unpaired) electrons. The summed E-state index contributed by atoms with van der Waals surface area (Å²) < 4.78 is 27.1. The van der Waals surface area contributed by atoms with Crippen molar-refractivity contribution in [2.45, 2.75) is 30.6 Å². The number of sulfonamides is 1. The number of hydrogen-bond acceptors (Lipinski definition) is 3. The molecule has 2 N–H and O–H groups in total. The molecule has 0 spiro atoms. The van der Waals surface area contributed by atoms with Crippen molar-refractivity contribution >= 4 is 22.1 Å². The van der Waals surface area contributed by atoms with E-state index in [4.69, 9.17) is 5.11 Å². The molecule has 0 atom stereocenters. The van der Waals surface area contributed by atoms with Gasteiger partial charge in [0.05, 0.1) is 4.90 Å². The predicted octanol–water partition coefficient (Wildman–Crippen LogP) is 2.25. The average Bonchev–Trinajstić information content (AvgIpc) is 2.97. The van der Waals surface area contributed by atoms with Crippen LogP contribution in [0.3, 0.4) is 0 Å². The zero-order chi connectivity index (χ0) is 15.3. The third-order valence-corrected chi connectivity index (χ3v) is 5.04. The first-order valence-corrected chi connectivity index (χ1v) is 8.46. The van der Waals surface area contributed by atoms with Crippen LogP contribution in [0.2, 0.25) is 0 Å². The normalized spacial score (nSPS) is 16.6. The number of hydrogen-bond donors (Lipinski definition) is 2. The Hall–Kier alpha value is -1.66. The molecule has 0 amide bonds. The lowest BCUT2D eigenvalue weighted by Gasteiger charge is -2.11. The third-order valence-electron chi connectivity index (χ3n) is 3.62. The minimum Gasteiger partial charge on any atom is -0.478 e. The molecule has 1 fully saturated rings. The van der Waals surface area contributed by atoms with E-state index in [0.29, 0.717) is 18.0 Å².